The predicted molar refractivity (Wildman–Crippen MR) is 141 cm³/mol. The monoisotopic (exact) mass is 464 g/mol. The first-order chi connectivity index (χ1) is 16.3. The average molecular weight is 464 g/mol. The van der Waals surface area contributed by atoms with E-state index in [2.05, 4.69) is 70.2 Å². The normalized spacial score (nSPS) is 18.2. The van der Waals surface area contributed by atoms with Crippen LogP contribution < -0.4 is 5.46 Å². The van der Waals surface area contributed by atoms with E-state index in [4.69, 9.17) is 18.1 Å². The van der Waals surface area contributed by atoms with Crippen LogP contribution in [0, 0.1) is 0 Å². The van der Waals surface area contributed by atoms with Crippen LogP contribution in [0.4, 0.5) is 0 Å². The van der Waals surface area contributed by atoms with Crippen LogP contribution in [0.5, 0.6) is 0 Å². The minimum absolute atomic E-state index is 0.429. The smallest absolute Gasteiger partial charge is 0.456 e. The molecular weight excluding hydrogens is 443 g/mol. The number of benzene rings is 4. The van der Waals surface area contributed by atoms with Gasteiger partial charge in [0.15, 0.2) is 0 Å². The third-order valence-electron chi connectivity index (χ3n) is 7.90. The lowest BCUT2D eigenvalue weighted by molar-refractivity contribution is 0.00578. The summed E-state index contributed by atoms with van der Waals surface area (Å²) < 4.78 is 28.5. The van der Waals surface area contributed by atoms with Gasteiger partial charge in [0.1, 0.15) is 22.3 Å². The Morgan fingerprint density at radius 3 is 2.21 bits per heavy atom. The van der Waals surface area contributed by atoms with Crippen molar-refractivity contribution >= 4 is 88.0 Å². The molecule has 0 N–H and O–H groups in total. The van der Waals surface area contributed by atoms with Crippen molar-refractivity contribution in [2.24, 2.45) is 0 Å². The topological polar surface area (TPSA) is 44.7 Å². The van der Waals surface area contributed by atoms with Gasteiger partial charge in [-0.1, -0.05) is 30.3 Å². The van der Waals surface area contributed by atoms with Gasteiger partial charge in [-0.2, -0.15) is 0 Å². The van der Waals surface area contributed by atoms with Crippen molar-refractivity contribution in [2.75, 3.05) is 0 Å². The van der Waals surface area contributed by atoms with Gasteiger partial charge in [0.05, 0.1) is 16.6 Å². The lowest BCUT2D eigenvalue weighted by atomic mass is 9.78. The summed E-state index contributed by atoms with van der Waals surface area (Å²) in [4.78, 5) is 0. The van der Waals surface area contributed by atoms with E-state index in [1.807, 2.05) is 12.1 Å². The molecule has 4 nitrogen and oxygen atoms in total. The minimum atomic E-state index is -0.510. The zero-order valence-corrected chi connectivity index (χ0v) is 20.1. The van der Waals surface area contributed by atoms with E-state index in [1.165, 1.54) is 25.6 Å². The molecule has 1 saturated heterocycles. The third kappa shape index (κ3) is 2.22. The SMILES string of the molecule is CC1(C)OB(c2ccc3oc4c5ccccc5cc5sc6ccc7oc2c3c7c6c54)OC1(C)C. The number of fused-ring (bicyclic) bond motifs is 2. The van der Waals surface area contributed by atoms with E-state index in [-0.39, 0.29) is 0 Å². The highest BCUT2D eigenvalue weighted by Crippen LogP contribution is 2.48. The zero-order chi connectivity index (χ0) is 23.0. The highest BCUT2D eigenvalue weighted by Gasteiger charge is 2.52. The standard InChI is InChI=1S/C28H21BO4S/c1-27(2)28(3,4)33-29(32-27)16-9-10-18-22-21-17(31-26(16)22)11-12-19-23(21)24-20(34-19)13-14-7-5-6-8-15(14)25(24)30-18/h5-13H,1-4H3. The first-order valence-electron chi connectivity index (χ1n) is 11.6. The van der Waals surface area contributed by atoms with Crippen LogP contribution in [0.2, 0.25) is 0 Å². The maximum absolute atomic E-state index is 6.75. The summed E-state index contributed by atoms with van der Waals surface area (Å²) in [6.07, 6.45) is 0. The van der Waals surface area contributed by atoms with Gasteiger partial charge in [-0.05, 0) is 57.3 Å². The summed E-state index contributed by atoms with van der Waals surface area (Å²) in [5, 5.41) is 6.79. The van der Waals surface area contributed by atoms with Crippen molar-refractivity contribution in [2.45, 2.75) is 38.9 Å². The minimum Gasteiger partial charge on any atom is -0.456 e. The van der Waals surface area contributed by atoms with E-state index in [0.717, 1.165) is 44.0 Å². The fraction of sp³-hybridized carbons (Fsp3) is 0.214. The quantitative estimate of drug-likeness (QED) is 0.235. The molecule has 8 rings (SSSR count). The molecule has 34 heavy (non-hydrogen) atoms. The lowest BCUT2D eigenvalue weighted by Crippen LogP contribution is -2.41. The molecule has 0 amide bonds. The molecule has 4 aromatic carbocycles. The Hall–Kier alpha value is -3.06. The number of hydrogen-bond donors (Lipinski definition) is 0. The maximum atomic E-state index is 6.75. The molecule has 0 bridgehead atoms. The Kier molecular flexibility index (Phi) is 3.37. The summed E-state index contributed by atoms with van der Waals surface area (Å²) in [6, 6.07) is 19.0. The highest BCUT2D eigenvalue weighted by atomic mass is 32.1. The van der Waals surface area contributed by atoms with Crippen molar-refractivity contribution < 1.29 is 18.1 Å². The summed E-state index contributed by atoms with van der Waals surface area (Å²) in [5.41, 5.74) is 3.40. The predicted octanol–water partition coefficient (Wildman–Crippen LogP) is 7.59. The molecule has 0 spiro atoms. The van der Waals surface area contributed by atoms with Crippen molar-refractivity contribution in [3.8, 4) is 0 Å². The van der Waals surface area contributed by atoms with Crippen LogP contribution in [-0.4, -0.2) is 18.3 Å². The molecule has 7 aromatic rings. The van der Waals surface area contributed by atoms with Crippen LogP contribution in [0.25, 0.3) is 64.0 Å². The van der Waals surface area contributed by atoms with Gasteiger partial charge in [0, 0.05) is 36.4 Å². The number of rotatable bonds is 1. The maximum Gasteiger partial charge on any atom is 0.498 e. The fourth-order valence-corrected chi connectivity index (χ4v) is 6.61. The molecule has 3 aromatic heterocycles. The highest BCUT2D eigenvalue weighted by molar-refractivity contribution is 7.26. The number of furan rings is 1. The molecule has 0 radical (unpaired) electrons. The Morgan fingerprint density at radius 2 is 1.38 bits per heavy atom. The number of hydrogen-bond acceptors (Lipinski definition) is 5. The van der Waals surface area contributed by atoms with Gasteiger partial charge >= 0.3 is 7.12 Å². The van der Waals surface area contributed by atoms with Crippen molar-refractivity contribution in [3.05, 3.63) is 54.6 Å². The van der Waals surface area contributed by atoms with Gasteiger partial charge in [0.25, 0.3) is 0 Å². The average Bonchev–Trinajstić information content (AvgIpc) is 3.37. The van der Waals surface area contributed by atoms with E-state index in [1.54, 1.807) is 11.3 Å². The van der Waals surface area contributed by atoms with Crippen LogP contribution in [0.3, 0.4) is 0 Å². The Morgan fingerprint density at radius 1 is 0.676 bits per heavy atom. The Bertz CT molecular complexity index is 1920. The summed E-state index contributed by atoms with van der Waals surface area (Å²) in [6.45, 7) is 8.29. The first-order valence-corrected chi connectivity index (χ1v) is 12.4. The van der Waals surface area contributed by atoms with Crippen LogP contribution in [-0.2, 0) is 9.31 Å². The molecule has 0 aliphatic carbocycles. The number of thiophene rings is 1. The third-order valence-corrected chi connectivity index (χ3v) is 9.00. The molecule has 4 heterocycles. The van der Waals surface area contributed by atoms with Crippen molar-refractivity contribution in [1.29, 1.82) is 0 Å². The Balaban J connectivity index is 1.56. The van der Waals surface area contributed by atoms with E-state index in [9.17, 15) is 0 Å². The molecule has 1 aliphatic heterocycles. The molecule has 0 saturated carbocycles. The van der Waals surface area contributed by atoms with Crippen LogP contribution in [0.15, 0.2) is 63.4 Å². The zero-order valence-electron chi connectivity index (χ0n) is 19.3. The molecule has 1 fully saturated rings. The second-order valence-electron chi connectivity index (χ2n) is 10.4. The fourth-order valence-electron chi connectivity index (χ4n) is 5.45. The second kappa shape index (κ2) is 5.95. The van der Waals surface area contributed by atoms with Gasteiger partial charge in [-0.15, -0.1) is 11.3 Å². The van der Waals surface area contributed by atoms with Gasteiger partial charge in [-0.25, -0.2) is 0 Å². The molecule has 1 aliphatic rings. The summed E-state index contributed by atoms with van der Waals surface area (Å²) in [7, 11) is -0.510. The first kappa shape index (κ1) is 19.3. The summed E-state index contributed by atoms with van der Waals surface area (Å²) >= 11 is 1.80. The van der Waals surface area contributed by atoms with Gasteiger partial charge in [-0.3, -0.25) is 0 Å². The second-order valence-corrected chi connectivity index (χ2v) is 11.4. The Labute approximate surface area is 199 Å². The largest absolute Gasteiger partial charge is 0.498 e. The summed E-state index contributed by atoms with van der Waals surface area (Å²) in [5.74, 6) is 0. The molecule has 166 valence electrons. The van der Waals surface area contributed by atoms with E-state index >= 15 is 0 Å². The van der Waals surface area contributed by atoms with Crippen molar-refractivity contribution in [3.63, 3.8) is 0 Å². The van der Waals surface area contributed by atoms with Crippen molar-refractivity contribution in [1.82, 2.24) is 0 Å². The molecule has 0 unspecified atom stereocenters. The molecule has 6 heteroatoms. The molecule has 0 atom stereocenters. The lowest BCUT2D eigenvalue weighted by Gasteiger charge is -2.32. The van der Waals surface area contributed by atoms with Crippen LogP contribution in [0.1, 0.15) is 27.7 Å². The van der Waals surface area contributed by atoms with E-state index in [0.29, 0.717) is 0 Å². The molecular formula is C28H21BO4S. The van der Waals surface area contributed by atoms with E-state index < -0.39 is 18.3 Å². The van der Waals surface area contributed by atoms with Gasteiger partial charge < -0.3 is 18.1 Å². The van der Waals surface area contributed by atoms with Gasteiger partial charge in [0.2, 0.25) is 0 Å². The van der Waals surface area contributed by atoms with Crippen LogP contribution >= 0.6 is 11.3 Å².